The standard InChI is InChI=1S/C16H20N4/c1-12-9-15(10-17)19-16(18-12)20-8-4-7-13-5-2-3-6-14(13)11-20/h2-3,5-6,9H,4,7-8,10-11,17H2,1H3. The number of fused-ring (bicyclic) bond motifs is 1. The SMILES string of the molecule is Cc1cc(CN)nc(N2CCCc3ccccc3C2)n1. The molecule has 3 rings (SSSR count). The Bertz CT molecular complexity index is 609. The van der Waals surface area contributed by atoms with Crippen LogP contribution in [0, 0.1) is 6.92 Å². The number of nitrogens with two attached hydrogens (primary N) is 1. The topological polar surface area (TPSA) is 55.0 Å². The Labute approximate surface area is 119 Å². The van der Waals surface area contributed by atoms with Crippen LogP contribution in [0.1, 0.15) is 28.9 Å². The number of aryl methyl sites for hydroxylation is 2. The van der Waals surface area contributed by atoms with Gasteiger partial charge in [-0.1, -0.05) is 24.3 Å². The van der Waals surface area contributed by atoms with E-state index in [-0.39, 0.29) is 0 Å². The first-order valence-corrected chi connectivity index (χ1v) is 7.12. The van der Waals surface area contributed by atoms with Crippen molar-refractivity contribution in [1.29, 1.82) is 0 Å². The second-order valence-electron chi connectivity index (χ2n) is 5.30. The maximum Gasteiger partial charge on any atom is 0.226 e. The smallest absolute Gasteiger partial charge is 0.226 e. The van der Waals surface area contributed by atoms with Crippen molar-refractivity contribution < 1.29 is 0 Å². The van der Waals surface area contributed by atoms with Crippen molar-refractivity contribution >= 4 is 5.95 Å². The third kappa shape index (κ3) is 2.65. The van der Waals surface area contributed by atoms with Crippen molar-refractivity contribution in [1.82, 2.24) is 9.97 Å². The molecule has 2 heterocycles. The Hall–Kier alpha value is -1.94. The van der Waals surface area contributed by atoms with Crippen LogP contribution in [-0.2, 0) is 19.5 Å². The van der Waals surface area contributed by atoms with Gasteiger partial charge in [0.25, 0.3) is 0 Å². The van der Waals surface area contributed by atoms with Gasteiger partial charge >= 0.3 is 0 Å². The van der Waals surface area contributed by atoms with Crippen molar-refractivity contribution in [2.45, 2.75) is 32.9 Å². The van der Waals surface area contributed by atoms with Crippen LogP contribution in [0.3, 0.4) is 0 Å². The highest BCUT2D eigenvalue weighted by Gasteiger charge is 2.17. The average Bonchev–Trinajstić information content (AvgIpc) is 2.68. The zero-order valence-corrected chi connectivity index (χ0v) is 11.8. The molecule has 0 saturated carbocycles. The van der Waals surface area contributed by atoms with Gasteiger partial charge in [0.05, 0.1) is 5.69 Å². The van der Waals surface area contributed by atoms with E-state index in [2.05, 4.69) is 39.1 Å². The van der Waals surface area contributed by atoms with E-state index in [4.69, 9.17) is 5.73 Å². The number of nitrogens with zero attached hydrogens (tertiary/aromatic N) is 3. The predicted molar refractivity (Wildman–Crippen MR) is 80.5 cm³/mol. The zero-order valence-electron chi connectivity index (χ0n) is 11.8. The number of hydrogen-bond acceptors (Lipinski definition) is 4. The molecule has 0 bridgehead atoms. The Balaban J connectivity index is 1.93. The molecule has 0 saturated heterocycles. The number of benzene rings is 1. The highest BCUT2D eigenvalue weighted by atomic mass is 15.2. The molecule has 1 aliphatic heterocycles. The first kappa shape index (κ1) is 13.1. The molecule has 0 fully saturated rings. The van der Waals surface area contributed by atoms with Crippen LogP contribution >= 0.6 is 0 Å². The van der Waals surface area contributed by atoms with Gasteiger partial charge in [-0.3, -0.25) is 0 Å². The second kappa shape index (κ2) is 5.59. The normalized spacial score (nSPS) is 14.8. The van der Waals surface area contributed by atoms with Gasteiger partial charge in [0.1, 0.15) is 0 Å². The summed E-state index contributed by atoms with van der Waals surface area (Å²) in [5.41, 5.74) is 10.4. The predicted octanol–water partition coefficient (Wildman–Crippen LogP) is 2.20. The quantitative estimate of drug-likeness (QED) is 0.907. The molecule has 0 spiro atoms. The number of anilines is 1. The summed E-state index contributed by atoms with van der Waals surface area (Å²) >= 11 is 0. The number of hydrogen-bond donors (Lipinski definition) is 1. The van der Waals surface area contributed by atoms with Crippen LogP contribution in [-0.4, -0.2) is 16.5 Å². The molecular formula is C16H20N4. The fourth-order valence-corrected chi connectivity index (χ4v) is 2.73. The lowest BCUT2D eigenvalue weighted by Crippen LogP contribution is -2.25. The molecule has 2 aromatic rings. The molecule has 1 aromatic carbocycles. The van der Waals surface area contributed by atoms with Crippen molar-refractivity contribution in [3.63, 3.8) is 0 Å². The van der Waals surface area contributed by atoms with E-state index in [0.717, 1.165) is 43.3 Å². The van der Waals surface area contributed by atoms with E-state index in [9.17, 15) is 0 Å². The van der Waals surface area contributed by atoms with Crippen LogP contribution in [0.25, 0.3) is 0 Å². The van der Waals surface area contributed by atoms with Gasteiger partial charge in [-0.25, -0.2) is 9.97 Å². The van der Waals surface area contributed by atoms with Crippen LogP contribution in [0.5, 0.6) is 0 Å². The van der Waals surface area contributed by atoms with Crippen molar-refractivity contribution in [2.75, 3.05) is 11.4 Å². The molecule has 0 amide bonds. The summed E-state index contributed by atoms with van der Waals surface area (Å²) in [6.07, 6.45) is 2.26. The lowest BCUT2D eigenvalue weighted by atomic mass is 10.0. The summed E-state index contributed by atoms with van der Waals surface area (Å²) < 4.78 is 0. The van der Waals surface area contributed by atoms with E-state index in [1.54, 1.807) is 0 Å². The van der Waals surface area contributed by atoms with Crippen molar-refractivity contribution in [3.05, 3.63) is 52.8 Å². The van der Waals surface area contributed by atoms with Gasteiger partial charge in [-0.15, -0.1) is 0 Å². The van der Waals surface area contributed by atoms with Gasteiger partial charge in [-0.05, 0) is 37.0 Å². The maximum atomic E-state index is 5.72. The fraction of sp³-hybridized carbons (Fsp3) is 0.375. The Morgan fingerprint density at radius 3 is 2.80 bits per heavy atom. The molecule has 1 aromatic heterocycles. The molecule has 4 heteroatoms. The first-order chi connectivity index (χ1) is 9.76. The Morgan fingerprint density at radius 2 is 2.00 bits per heavy atom. The summed E-state index contributed by atoms with van der Waals surface area (Å²) in [5, 5.41) is 0. The molecule has 1 aliphatic rings. The van der Waals surface area contributed by atoms with Gasteiger partial charge in [0, 0.05) is 25.3 Å². The van der Waals surface area contributed by atoms with E-state index in [0.29, 0.717) is 6.54 Å². The van der Waals surface area contributed by atoms with Crippen LogP contribution in [0.15, 0.2) is 30.3 Å². The first-order valence-electron chi connectivity index (χ1n) is 7.12. The number of rotatable bonds is 2. The second-order valence-corrected chi connectivity index (χ2v) is 5.30. The van der Waals surface area contributed by atoms with E-state index >= 15 is 0 Å². The summed E-state index contributed by atoms with van der Waals surface area (Å²) in [6, 6.07) is 10.6. The lowest BCUT2D eigenvalue weighted by Gasteiger charge is -2.21. The molecule has 20 heavy (non-hydrogen) atoms. The maximum absolute atomic E-state index is 5.72. The molecular weight excluding hydrogens is 248 g/mol. The highest BCUT2D eigenvalue weighted by Crippen LogP contribution is 2.21. The fourth-order valence-electron chi connectivity index (χ4n) is 2.73. The van der Waals surface area contributed by atoms with E-state index in [1.165, 1.54) is 11.1 Å². The summed E-state index contributed by atoms with van der Waals surface area (Å²) in [7, 11) is 0. The van der Waals surface area contributed by atoms with E-state index in [1.807, 2.05) is 13.0 Å². The zero-order chi connectivity index (χ0) is 13.9. The third-order valence-corrected chi connectivity index (χ3v) is 3.74. The molecule has 0 unspecified atom stereocenters. The van der Waals surface area contributed by atoms with Crippen molar-refractivity contribution in [2.24, 2.45) is 5.73 Å². The molecule has 2 N–H and O–H groups in total. The summed E-state index contributed by atoms with van der Waals surface area (Å²) in [5.74, 6) is 0.808. The molecule has 104 valence electrons. The molecule has 4 nitrogen and oxygen atoms in total. The van der Waals surface area contributed by atoms with E-state index < -0.39 is 0 Å². The molecule has 0 atom stereocenters. The minimum absolute atomic E-state index is 0.459. The Morgan fingerprint density at radius 1 is 1.20 bits per heavy atom. The Kier molecular flexibility index (Phi) is 3.65. The average molecular weight is 268 g/mol. The number of aromatic nitrogens is 2. The lowest BCUT2D eigenvalue weighted by molar-refractivity contribution is 0.732. The summed E-state index contributed by atoms with van der Waals surface area (Å²) in [6.45, 7) is 4.32. The minimum atomic E-state index is 0.459. The van der Waals surface area contributed by atoms with Gasteiger partial charge in [-0.2, -0.15) is 0 Å². The van der Waals surface area contributed by atoms with Crippen molar-refractivity contribution in [3.8, 4) is 0 Å². The van der Waals surface area contributed by atoms with Gasteiger partial charge < -0.3 is 10.6 Å². The third-order valence-electron chi connectivity index (χ3n) is 3.74. The van der Waals surface area contributed by atoms with Crippen LogP contribution < -0.4 is 10.6 Å². The monoisotopic (exact) mass is 268 g/mol. The highest BCUT2D eigenvalue weighted by molar-refractivity contribution is 5.38. The summed E-state index contributed by atoms with van der Waals surface area (Å²) in [4.78, 5) is 11.4. The molecule has 0 radical (unpaired) electrons. The minimum Gasteiger partial charge on any atom is -0.336 e. The van der Waals surface area contributed by atoms with Gasteiger partial charge in [0.2, 0.25) is 5.95 Å². The van der Waals surface area contributed by atoms with Gasteiger partial charge in [0.15, 0.2) is 0 Å². The van der Waals surface area contributed by atoms with Crippen LogP contribution in [0.2, 0.25) is 0 Å². The largest absolute Gasteiger partial charge is 0.336 e. The molecule has 0 aliphatic carbocycles. The van der Waals surface area contributed by atoms with Crippen LogP contribution in [0.4, 0.5) is 5.95 Å².